The van der Waals surface area contributed by atoms with Crippen molar-refractivity contribution in [3.63, 3.8) is 0 Å². The molecule has 1 atom stereocenters. The number of hydrogen-bond acceptors (Lipinski definition) is 5. The molecule has 0 aromatic heterocycles. The lowest BCUT2D eigenvalue weighted by Gasteiger charge is -2.25. The van der Waals surface area contributed by atoms with Crippen molar-refractivity contribution in [1.82, 2.24) is 10.6 Å². The first-order valence-electron chi connectivity index (χ1n) is 8.06. The minimum atomic E-state index is -0.314. The average Bonchev–Trinajstić information content (AvgIpc) is 2.64. The molecule has 0 spiro atoms. The summed E-state index contributed by atoms with van der Waals surface area (Å²) in [6, 6.07) is 9.53. The van der Waals surface area contributed by atoms with Crippen LogP contribution in [0.3, 0.4) is 0 Å². The van der Waals surface area contributed by atoms with Crippen LogP contribution in [0, 0.1) is 11.3 Å². The van der Waals surface area contributed by atoms with E-state index in [-0.39, 0.29) is 29.9 Å². The summed E-state index contributed by atoms with van der Waals surface area (Å²) >= 11 is 1.19. The zero-order chi connectivity index (χ0) is 18.2. The van der Waals surface area contributed by atoms with Crippen molar-refractivity contribution in [2.75, 3.05) is 19.4 Å². The summed E-state index contributed by atoms with van der Waals surface area (Å²) < 4.78 is 5.14. The predicted octanol–water partition coefficient (Wildman–Crippen LogP) is 2.29. The van der Waals surface area contributed by atoms with Crippen LogP contribution in [0.25, 0.3) is 0 Å². The number of thioether (sulfide) groups is 1. The molecule has 0 saturated heterocycles. The summed E-state index contributed by atoms with van der Waals surface area (Å²) in [6.45, 7) is 2.59. The second-order valence-electron chi connectivity index (χ2n) is 5.57. The van der Waals surface area contributed by atoms with E-state index in [1.165, 1.54) is 11.8 Å². The molecule has 0 unspecified atom stereocenters. The van der Waals surface area contributed by atoms with Crippen molar-refractivity contribution in [2.24, 2.45) is 0 Å². The lowest BCUT2D eigenvalue weighted by molar-refractivity contribution is -0.121. The van der Waals surface area contributed by atoms with E-state index < -0.39 is 0 Å². The van der Waals surface area contributed by atoms with Gasteiger partial charge < -0.3 is 15.4 Å². The first-order chi connectivity index (χ1) is 12.1. The topological polar surface area (TPSA) is 91.2 Å². The third kappa shape index (κ3) is 5.00. The lowest BCUT2D eigenvalue weighted by atomic mass is 9.87. The van der Waals surface area contributed by atoms with E-state index in [4.69, 9.17) is 4.74 Å². The number of carbonyl (C=O) groups is 2. The number of benzene rings is 1. The Balaban J connectivity index is 2.20. The normalized spacial score (nSPS) is 16.8. The molecule has 1 aliphatic heterocycles. The number of ether oxygens (including phenoxy) is 1. The Morgan fingerprint density at radius 3 is 2.76 bits per heavy atom. The van der Waals surface area contributed by atoms with Gasteiger partial charge in [0.1, 0.15) is 5.75 Å². The SMILES string of the molecule is CCCNC(=O)CSC1=C(C#N)[C@@H](c2ccc(OC)cc2)CC(=O)N1. The van der Waals surface area contributed by atoms with Crippen molar-refractivity contribution in [3.8, 4) is 11.8 Å². The van der Waals surface area contributed by atoms with Gasteiger partial charge in [-0.25, -0.2) is 0 Å². The summed E-state index contributed by atoms with van der Waals surface area (Å²) in [4.78, 5) is 23.8. The highest BCUT2D eigenvalue weighted by atomic mass is 32.2. The Morgan fingerprint density at radius 2 is 2.16 bits per heavy atom. The molecule has 2 rings (SSSR count). The molecule has 6 nitrogen and oxygen atoms in total. The molecule has 2 amide bonds. The van der Waals surface area contributed by atoms with Crippen LogP contribution in [0.5, 0.6) is 5.75 Å². The maximum absolute atomic E-state index is 12.1. The molecule has 0 fully saturated rings. The van der Waals surface area contributed by atoms with Crippen LogP contribution in [0.4, 0.5) is 0 Å². The van der Waals surface area contributed by atoms with Gasteiger partial charge in [-0.1, -0.05) is 30.8 Å². The maximum Gasteiger partial charge on any atom is 0.230 e. The lowest BCUT2D eigenvalue weighted by Crippen LogP contribution is -2.32. The molecule has 2 N–H and O–H groups in total. The number of hydrogen-bond donors (Lipinski definition) is 2. The summed E-state index contributed by atoms with van der Waals surface area (Å²) in [5, 5.41) is 15.6. The van der Waals surface area contributed by atoms with Gasteiger partial charge in [0.25, 0.3) is 0 Å². The number of nitriles is 1. The fourth-order valence-electron chi connectivity index (χ4n) is 2.51. The van der Waals surface area contributed by atoms with E-state index >= 15 is 0 Å². The highest BCUT2D eigenvalue weighted by Gasteiger charge is 2.29. The van der Waals surface area contributed by atoms with E-state index in [1.54, 1.807) is 7.11 Å². The number of nitrogens with one attached hydrogen (secondary N) is 2. The van der Waals surface area contributed by atoms with Crippen molar-refractivity contribution in [3.05, 3.63) is 40.4 Å². The number of rotatable bonds is 7. The van der Waals surface area contributed by atoms with Crippen LogP contribution in [0.15, 0.2) is 34.9 Å². The van der Waals surface area contributed by atoms with Gasteiger partial charge in [-0.15, -0.1) is 0 Å². The summed E-state index contributed by atoms with van der Waals surface area (Å²) in [6.07, 6.45) is 1.07. The number of methoxy groups -OCH3 is 1. The van der Waals surface area contributed by atoms with Gasteiger partial charge in [-0.05, 0) is 24.1 Å². The summed E-state index contributed by atoms with van der Waals surface area (Å²) in [5.41, 5.74) is 1.36. The van der Waals surface area contributed by atoms with Crippen molar-refractivity contribution < 1.29 is 14.3 Å². The Morgan fingerprint density at radius 1 is 1.44 bits per heavy atom. The van der Waals surface area contributed by atoms with Crippen LogP contribution in [0.1, 0.15) is 31.2 Å². The van der Waals surface area contributed by atoms with E-state index in [9.17, 15) is 14.9 Å². The smallest absolute Gasteiger partial charge is 0.230 e. The monoisotopic (exact) mass is 359 g/mol. The molecule has 1 aliphatic rings. The highest BCUT2D eigenvalue weighted by molar-refractivity contribution is 8.03. The highest BCUT2D eigenvalue weighted by Crippen LogP contribution is 2.36. The molecule has 1 aromatic carbocycles. The van der Waals surface area contributed by atoms with E-state index in [1.807, 2.05) is 31.2 Å². The molecule has 0 aliphatic carbocycles. The number of amides is 2. The average molecular weight is 359 g/mol. The standard InChI is InChI=1S/C18H21N3O3S/c1-3-8-20-17(23)11-25-18-15(10-19)14(9-16(22)21-18)12-4-6-13(24-2)7-5-12/h4-7,14H,3,8-9,11H2,1-2H3,(H,20,23)(H,21,22)/t14-/m1/s1. The molecule has 1 heterocycles. The minimum Gasteiger partial charge on any atom is -0.497 e. The number of nitrogens with zero attached hydrogens (tertiary/aromatic N) is 1. The molecule has 0 saturated carbocycles. The Labute approximate surface area is 151 Å². The Bertz CT molecular complexity index is 707. The summed E-state index contributed by atoms with van der Waals surface area (Å²) in [7, 11) is 1.59. The maximum atomic E-state index is 12.1. The van der Waals surface area contributed by atoms with Crippen LogP contribution in [0.2, 0.25) is 0 Å². The second kappa shape index (κ2) is 9.14. The van der Waals surface area contributed by atoms with Gasteiger partial charge in [0, 0.05) is 18.9 Å². The molecular weight excluding hydrogens is 338 g/mol. The van der Waals surface area contributed by atoms with Crippen LogP contribution in [-0.4, -0.2) is 31.2 Å². The minimum absolute atomic E-state index is 0.113. The van der Waals surface area contributed by atoms with Gasteiger partial charge >= 0.3 is 0 Å². The second-order valence-corrected chi connectivity index (χ2v) is 6.56. The number of allylic oxidation sites excluding steroid dienone is 1. The molecule has 132 valence electrons. The summed E-state index contributed by atoms with van der Waals surface area (Å²) in [5.74, 6) is 0.296. The van der Waals surface area contributed by atoms with Gasteiger partial charge in [0.2, 0.25) is 11.8 Å². The van der Waals surface area contributed by atoms with Crippen LogP contribution < -0.4 is 15.4 Å². The quantitative estimate of drug-likeness (QED) is 0.779. The van der Waals surface area contributed by atoms with E-state index in [2.05, 4.69) is 16.7 Å². The van der Waals surface area contributed by atoms with Crippen LogP contribution in [-0.2, 0) is 9.59 Å². The van der Waals surface area contributed by atoms with Crippen LogP contribution >= 0.6 is 11.8 Å². The van der Waals surface area contributed by atoms with Gasteiger partial charge in [-0.2, -0.15) is 5.26 Å². The first-order valence-corrected chi connectivity index (χ1v) is 9.05. The van der Waals surface area contributed by atoms with Gasteiger partial charge in [0.15, 0.2) is 0 Å². The zero-order valence-corrected chi connectivity index (χ0v) is 15.1. The number of carbonyl (C=O) groups excluding carboxylic acids is 2. The Hall–Kier alpha value is -2.46. The predicted molar refractivity (Wildman–Crippen MR) is 96.9 cm³/mol. The third-order valence-electron chi connectivity index (χ3n) is 3.79. The molecule has 0 radical (unpaired) electrons. The first kappa shape index (κ1) is 18.9. The van der Waals surface area contributed by atoms with Gasteiger partial charge in [0.05, 0.1) is 29.5 Å². The van der Waals surface area contributed by atoms with Crippen molar-refractivity contribution >= 4 is 23.6 Å². The molecular formula is C18H21N3O3S. The van der Waals surface area contributed by atoms with Gasteiger partial charge in [-0.3, -0.25) is 9.59 Å². The van der Waals surface area contributed by atoms with Crippen molar-refractivity contribution in [2.45, 2.75) is 25.7 Å². The fraction of sp³-hybridized carbons (Fsp3) is 0.389. The Kier molecular flexibility index (Phi) is 6.90. The largest absolute Gasteiger partial charge is 0.497 e. The molecule has 7 heteroatoms. The molecule has 0 bridgehead atoms. The fourth-order valence-corrected chi connectivity index (χ4v) is 3.41. The third-order valence-corrected chi connectivity index (χ3v) is 4.81. The van der Waals surface area contributed by atoms with E-state index in [0.29, 0.717) is 22.9 Å². The van der Waals surface area contributed by atoms with E-state index in [0.717, 1.165) is 12.0 Å². The molecule has 1 aromatic rings. The molecule has 25 heavy (non-hydrogen) atoms. The zero-order valence-electron chi connectivity index (χ0n) is 14.3. The van der Waals surface area contributed by atoms with Crippen molar-refractivity contribution in [1.29, 1.82) is 5.26 Å².